The standard InChI is InChI=1S/C13H18N4O3S/c1-3-8-10(21-7(2)15-8)6-14-11(18)5-4-9-12(19)17-13(20)16-9/h9H,3-6H2,1-2H3,(H,14,18)(H2,16,17,19,20)/t9-/m1/s1. The maximum Gasteiger partial charge on any atom is 0.322 e. The summed E-state index contributed by atoms with van der Waals surface area (Å²) < 4.78 is 0. The van der Waals surface area contributed by atoms with E-state index in [-0.39, 0.29) is 18.2 Å². The van der Waals surface area contributed by atoms with Crippen LogP contribution in [0, 0.1) is 6.92 Å². The summed E-state index contributed by atoms with van der Waals surface area (Å²) in [5.74, 6) is -0.517. The highest BCUT2D eigenvalue weighted by Gasteiger charge is 2.29. The molecule has 3 N–H and O–H groups in total. The molecule has 2 rings (SSSR count). The Bertz CT molecular complexity index is 570. The van der Waals surface area contributed by atoms with E-state index in [1.165, 1.54) is 0 Å². The minimum absolute atomic E-state index is 0.142. The number of nitrogens with zero attached hydrogens (tertiary/aromatic N) is 1. The van der Waals surface area contributed by atoms with Crippen LogP contribution in [0.4, 0.5) is 4.79 Å². The van der Waals surface area contributed by atoms with Crippen molar-refractivity contribution in [3.8, 4) is 0 Å². The van der Waals surface area contributed by atoms with Gasteiger partial charge in [0.1, 0.15) is 6.04 Å². The molecule has 4 amide bonds. The molecule has 7 nitrogen and oxygen atoms in total. The first-order valence-electron chi connectivity index (χ1n) is 6.82. The van der Waals surface area contributed by atoms with Crippen molar-refractivity contribution >= 4 is 29.2 Å². The lowest BCUT2D eigenvalue weighted by Crippen LogP contribution is -2.31. The number of aryl methyl sites for hydroxylation is 2. The molecule has 0 spiro atoms. The number of rotatable bonds is 6. The molecule has 1 aliphatic heterocycles. The minimum Gasteiger partial charge on any atom is -0.351 e. The second kappa shape index (κ2) is 6.66. The molecule has 1 aliphatic rings. The molecule has 0 bridgehead atoms. The van der Waals surface area contributed by atoms with Crippen molar-refractivity contribution in [2.45, 2.75) is 45.7 Å². The van der Waals surface area contributed by atoms with Crippen LogP contribution in [-0.4, -0.2) is 28.9 Å². The number of hydrogen-bond acceptors (Lipinski definition) is 5. The summed E-state index contributed by atoms with van der Waals surface area (Å²) in [6, 6.07) is -1.11. The van der Waals surface area contributed by atoms with Crippen molar-refractivity contribution in [3.05, 3.63) is 15.6 Å². The Hall–Kier alpha value is -1.96. The molecule has 1 saturated heterocycles. The molecule has 0 unspecified atom stereocenters. The summed E-state index contributed by atoms with van der Waals surface area (Å²) in [6.45, 7) is 4.43. The number of urea groups is 1. The molecule has 1 atom stereocenters. The number of carbonyl (C=O) groups excluding carboxylic acids is 3. The van der Waals surface area contributed by atoms with Gasteiger partial charge in [0.15, 0.2) is 0 Å². The molecule has 1 fully saturated rings. The Balaban J connectivity index is 1.77. The predicted octanol–water partition coefficient (Wildman–Crippen LogP) is 0.618. The van der Waals surface area contributed by atoms with Crippen LogP contribution < -0.4 is 16.0 Å². The van der Waals surface area contributed by atoms with Crippen LogP contribution in [-0.2, 0) is 22.6 Å². The third-order valence-corrected chi connectivity index (χ3v) is 4.20. The highest BCUT2D eigenvalue weighted by Crippen LogP contribution is 2.18. The van der Waals surface area contributed by atoms with Gasteiger partial charge >= 0.3 is 6.03 Å². The fourth-order valence-corrected chi connectivity index (χ4v) is 3.10. The normalized spacial score (nSPS) is 17.5. The van der Waals surface area contributed by atoms with Crippen LogP contribution in [0.25, 0.3) is 0 Å². The highest BCUT2D eigenvalue weighted by molar-refractivity contribution is 7.11. The van der Waals surface area contributed by atoms with Crippen LogP contribution in [0.1, 0.15) is 35.3 Å². The van der Waals surface area contributed by atoms with Crippen LogP contribution in [0.15, 0.2) is 0 Å². The Morgan fingerprint density at radius 2 is 2.19 bits per heavy atom. The van der Waals surface area contributed by atoms with Gasteiger partial charge in [0.25, 0.3) is 5.91 Å². The molecule has 0 radical (unpaired) electrons. The molecule has 8 heteroatoms. The van der Waals surface area contributed by atoms with E-state index in [4.69, 9.17) is 0 Å². The summed E-state index contributed by atoms with van der Waals surface area (Å²) in [7, 11) is 0. The fourth-order valence-electron chi connectivity index (χ4n) is 2.13. The largest absolute Gasteiger partial charge is 0.351 e. The summed E-state index contributed by atoms with van der Waals surface area (Å²) >= 11 is 1.58. The van der Waals surface area contributed by atoms with Crippen LogP contribution >= 0.6 is 11.3 Å². The first-order chi connectivity index (χ1) is 9.99. The molecule has 2 heterocycles. The van der Waals surface area contributed by atoms with Crippen LogP contribution in [0.5, 0.6) is 0 Å². The van der Waals surface area contributed by atoms with Gasteiger partial charge in [0.05, 0.1) is 17.2 Å². The fraction of sp³-hybridized carbons (Fsp3) is 0.538. The van der Waals surface area contributed by atoms with Crippen molar-refractivity contribution in [1.29, 1.82) is 0 Å². The Morgan fingerprint density at radius 3 is 2.81 bits per heavy atom. The zero-order chi connectivity index (χ0) is 15.4. The molecular formula is C13H18N4O3S. The van der Waals surface area contributed by atoms with Gasteiger partial charge in [-0.25, -0.2) is 9.78 Å². The van der Waals surface area contributed by atoms with Crippen LogP contribution in [0.2, 0.25) is 0 Å². The number of imide groups is 1. The Kier molecular flexibility index (Phi) is 4.89. The molecule has 1 aromatic rings. The van der Waals surface area contributed by atoms with Gasteiger partial charge in [0, 0.05) is 11.3 Å². The van der Waals surface area contributed by atoms with Crippen molar-refractivity contribution < 1.29 is 14.4 Å². The maximum atomic E-state index is 11.8. The highest BCUT2D eigenvalue weighted by atomic mass is 32.1. The Labute approximate surface area is 126 Å². The third-order valence-electron chi connectivity index (χ3n) is 3.18. The molecule has 1 aromatic heterocycles. The van der Waals surface area contributed by atoms with Gasteiger partial charge in [-0.1, -0.05) is 6.92 Å². The summed E-state index contributed by atoms with van der Waals surface area (Å²) in [4.78, 5) is 39.5. The Morgan fingerprint density at radius 1 is 1.43 bits per heavy atom. The smallest absolute Gasteiger partial charge is 0.322 e. The van der Waals surface area contributed by atoms with Gasteiger partial charge in [-0.05, 0) is 19.8 Å². The van der Waals surface area contributed by atoms with E-state index < -0.39 is 12.1 Å². The van der Waals surface area contributed by atoms with Gasteiger partial charge < -0.3 is 10.6 Å². The van der Waals surface area contributed by atoms with Crippen molar-refractivity contribution in [2.24, 2.45) is 0 Å². The van der Waals surface area contributed by atoms with Crippen molar-refractivity contribution in [2.75, 3.05) is 0 Å². The van der Waals surface area contributed by atoms with Gasteiger partial charge in [0.2, 0.25) is 5.91 Å². The first-order valence-corrected chi connectivity index (χ1v) is 7.64. The van der Waals surface area contributed by atoms with E-state index in [1.807, 2.05) is 13.8 Å². The predicted molar refractivity (Wildman–Crippen MR) is 77.8 cm³/mol. The first kappa shape index (κ1) is 15.4. The summed E-state index contributed by atoms with van der Waals surface area (Å²) in [5.41, 5.74) is 1.01. The number of nitrogens with one attached hydrogen (secondary N) is 3. The van der Waals surface area contributed by atoms with E-state index in [0.29, 0.717) is 13.0 Å². The van der Waals surface area contributed by atoms with Crippen molar-refractivity contribution in [1.82, 2.24) is 20.9 Å². The zero-order valence-electron chi connectivity index (χ0n) is 12.0. The zero-order valence-corrected chi connectivity index (χ0v) is 12.8. The van der Waals surface area contributed by atoms with Gasteiger partial charge in [-0.2, -0.15) is 0 Å². The molecular weight excluding hydrogens is 292 g/mol. The van der Waals surface area contributed by atoms with E-state index in [9.17, 15) is 14.4 Å². The molecule has 21 heavy (non-hydrogen) atoms. The average Bonchev–Trinajstić information content (AvgIpc) is 2.95. The lowest BCUT2D eigenvalue weighted by molar-refractivity contribution is -0.122. The van der Waals surface area contributed by atoms with E-state index in [1.54, 1.807) is 11.3 Å². The lowest BCUT2D eigenvalue weighted by atomic mass is 10.1. The van der Waals surface area contributed by atoms with Crippen LogP contribution in [0.3, 0.4) is 0 Å². The molecule has 0 aliphatic carbocycles. The topological polar surface area (TPSA) is 100 Å². The van der Waals surface area contributed by atoms with Gasteiger partial charge in [-0.3, -0.25) is 14.9 Å². The number of thiazole rings is 1. The monoisotopic (exact) mass is 310 g/mol. The quantitative estimate of drug-likeness (QED) is 0.670. The number of amides is 4. The van der Waals surface area contributed by atoms with Gasteiger partial charge in [-0.15, -0.1) is 11.3 Å². The number of hydrogen-bond donors (Lipinski definition) is 3. The SMILES string of the molecule is CCc1nc(C)sc1CNC(=O)CC[C@H]1NC(=O)NC1=O. The average molecular weight is 310 g/mol. The molecule has 0 aromatic carbocycles. The second-order valence-corrected chi connectivity index (χ2v) is 6.07. The minimum atomic E-state index is -0.611. The number of aromatic nitrogens is 1. The van der Waals surface area contributed by atoms with Crippen molar-refractivity contribution in [3.63, 3.8) is 0 Å². The number of carbonyl (C=O) groups is 3. The molecule has 114 valence electrons. The van der Waals surface area contributed by atoms with E-state index >= 15 is 0 Å². The summed E-state index contributed by atoms with van der Waals surface area (Å²) in [6.07, 6.45) is 1.33. The van der Waals surface area contributed by atoms with E-state index in [2.05, 4.69) is 20.9 Å². The maximum absolute atomic E-state index is 11.8. The molecule has 0 saturated carbocycles. The lowest BCUT2D eigenvalue weighted by Gasteiger charge is -2.07. The third kappa shape index (κ3) is 4.01. The summed E-state index contributed by atoms with van der Waals surface area (Å²) in [5, 5.41) is 8.42. The van der Waals surface area contributed by atoms with E-state index in [0.717, 1.165) is 22.0 Å². The second-order valence-electron chi connectivity index (χ2n) is 4.79.